The fourth-order valence-corrected chi connectivity index (χ4v) is 3.25. The Kier molecular flexibility index (Phi) is 6.74. The standard InChI is InChI=1S/C22H20ClN3O4/c1-13-16(21(28)26-20(25-13)19-5-3-4-10-24-19)8-7-15(27)11-14-6-9-18(23)17(12-14)22(29)30-2/h3-6,9-10,12H,7-8,11H2,1-2H3,(H,25,26,28). The Labute approximate surface area is 178 Å². The third kappa shape index (κ3) is 4.99. The minimum atomic E-state index is -0.560. The average molecular weight is 426 g/mol. The summed E-state index contributed by atoms with van der Waals surface area (Å²) in [5.74, 6) is -0.235. The summed E-state index contributed by atoms with van der Waals surface area (Å²) in [6.07, 6.45) is 2.19. The van der Waals surface area contributed by atoms with Gasteiger partial charge in [0.05, 0.1) is 17.7 Å². The number of halogens is 1. The zero-order valence-electron chi connectivity index (χ0n) is 16.6. The Hall–Kier alpha value is -3.32. The first kappa shape index (κ1) is 21.4. The molecule has 0 amide bonds. The molecule has 0 saturated carbocycles. The molecule has 0 aliphatic heterocycles. The number of hydrogen-bond donors (Lipinski definition) is 1. The number of aryl methyl sites for hydroxylation is 1. The summed E-state index contributed by atoms with van der Waals surface area (Å²) < 4.78 is 4.69. The van der Waals surface area contributed by atoms with Gasteiger partial charge in [0, 0.05) is 30.3 Å². The van der Waals surface area contributed by atoms with Gasteiger partial charge in [-0.05, 0) is 43.2 Å². The summed E-state index contributed by atoms with van der Waals surface area (Å²) in [6, 6.07) is 10.2. The van der Waals surface area contributed by atoms with Crippen LogP contribution in [-0.2, 0) is 22.4 Å². The lowest BCUT2D eigenvalue weighted by atomic mass is 10.0. The first-order chi connectivity index (χ1) is 14.4. The van der Waals surface area contributed by atoms with Crippen LogP contribution in [0.2, 0.25) is 5.02 Å². The molecule has 3 rings (SSSR count). The van der Waals surface area contributed by atoms with Crippen LogP contribution >= 0.6 is 11.6 Å². The molecule has 0 fully saturated rings. The van der Waals surface area contributed by atoms with E-state index in [9.17, 15) is 14.4 Å². The molecule has 2 heterocycles. The van der Waals surface area contributed by atoms with Gasteiger partial charge < -0.3 is 9.72 Å². The minimum Gasteiger partial charge on any atom is -0.465 e. The van der Waals surface area contributed by atoms with Crippen LogP contribution in [-0.4, -0.2) is 33.8 Å². The van der Waals surface area contributed by atoms with Crippen molar-refractivity contribution in [3.63, 3.8) is 0 Å². The number of pyridine rings is 1. The minimum absolute atomic E-state index is 0.0688. The molecule has 0 bridgehead atoms. The van der Waals surface area contributed by atoms with Crippen molar-refractivity contribution in [2.45, 2.75) is 26.2 Å². The lowest BCUT2D eigenvalue weighted by molar-refractivity contribution is -0.118. The van der Waals surface area contributed by atoms with Gasteiger partial charge in [0.2, 0.25) is 0 Å². The molecule has 0 unspecified atom stereocenters. The molecular weight excluding hydrogens is 406 g/mol. The summed E-state index contributed by atoms with van der Waals surface area (Å²) >= 11 is 6.00. The van der Waals surface area contributed by atoms with E-state index in [-0.39, 0.29) is 41.2 Å². The predicted molar refractivity (Wildman–Crippen MR) is 113 cm³/mol. The van der Waals surface area contributed by atoms with E-state index in [2.05, 4.69) is 15.0 Å². The van der Waals surface area contributed by atoms with Crippen molar-refractivity contribution in [3.05, 3.63) is 80.4 Å². The highest BCUT2D eigenvalue weighted by Gasteiger charge is 2.15. The van der Waals surface area contributed by atoms with Crippen molar-refractivity contribution >= 4 is 23.4 Å². The molecule has 1 N–H and O–H groups in total. The van der Waals surface area contributed by atoms with Gasteiger partial charge in [-0.3, -0.25) is 14.6 Å². The number of H-pyrrole nitrogens is 1. The van der Waals surface area contributed by atoms with E-state index in [4.69, 9.17) is 16.3 Å². The number of esters is 1. The lowest BCUT2D eigenvalue weighted by Crippen LogP contribution is -2.19. The monoisotopic (exact) mass is 425 g/mol. The number of nitrogens with one attached hydrogen (secondary N) is 1. The van der Waals surface area contributed by atoms with Crippen molar-refractivity contribution in [2.24, 2.45) is 0 Å². The second kappa shape index (κ2) is 9.45. The summed E-state index contributed by atoms with van der Waals surface area (Å²) in [7, 11) is 1.27. The number of Topliss-reactive ketones (excluding diaryl/α,β-unsaturated/α-hetero) is 1. The van der Waals surface area contributed by atoms with E-state index in [1.165, 1.54) is 7.11 Å². The molecule has 0 saturated heterocycles. The van der Waals surface area contributed by atoms with Gasteiger partial charge >= 0.3 is 5.97 Å². The van der Waals surface area contributed by atoms with Gasteiger partial charge in [0.25, 0.3) is 5.56 Å². The average Bonchev–Trinajstić information content (AvgIpc) is 2.74. The zero-order valence-corrected chi connectivity index (χ0v) is 17.3. The molecule has 0 aliphatic carbocycles. The second-order valence-corrected chi connectivity index (χ2v) is 7.12. The van der Waals surface area contributed by atoms with Crippen LogP contribution in [0.3, 0.4) is 0 Å². The molecule has 0 aliphatic rings. The van der Waals surface area contributed by atoms with Crippen molar-refractivity contribution in [2.75, 3.05) is 7.11 Å². The molecule has 0 spiro atoms. The number of ketones is 1. The van der Waals surface area contributed by atoms with Crippen LogP contribution < -0.4 is 5.56 Å². The quantitative estimate of drug-likeness (QED) is 0.582. The molecule has 1 aromatic carbocycles. The molecule has 0 radical (unpaired) electrons. The molecule has 2 aromatic heterocycles. The number of aromatic nitrogens is 3. The van der Waals surface area contributed by atoms with Crippen LogP contribution in [0, 0.1) is 6.92 Å². The topological polar surface area (TPSA) is 102 Å². The van der Waals surface area contributed by atoms with Gasteiger partial charge in [-0.15, -0.1) is 0 Å². The normalized spacial score (nSPS) is 10.6. The Morgan fingerprint density at radius 1 is 1.20 bits per heavy atom. The highest BCUT2D eigenvalue weighted by atomic mass is 35.5. The van der Waals surface area contributed by atoms with E-state index in [0.717, 1.165) is 0 Å². The van der Waals surface area contributed by atoms with Crippen molar-refractivity contribution in [1.29, 1.82) is 0 Å². The third-order valence-electron chi connectivity index (χ3n) is 4.62. The first-order valence-corrected chi connectivity index (χ1v) is 9.66. The van der Waals surface area contributed by atoms with Crippen molar-refractivity contribution < 1.29 is 14.3 Å². The number of carbonyl (C=O) groups is 2. The summed E-state index contributed by atoms with van der Waals surface area (Å²) in [5, 5.41) is 0.263. The van der Waals surface area contributed by atoms with Gasteiger partial charge in [-0.25, -0.2) is 9.78 Å². The summed E-state index contributed by atoms with van der Waals surface area (Å²) in [5.41, 5.74) is 2.19. The molecule has 30 heavy (non-hydrogen) atoms. The number of hydrogen-bond acceptors (Lipinski definition) is 6. The SMILES string of the molecule is COC(=O)c1cc(CC(=O)CCc2c(C)nc(-c3ccccn3)[nH]c2=O)ccc1Cl. The first-order valence-electron chi connectivity index (χ1n) is 9.28. The summed E-state index contributed by atoms with van der Waals surface area (Å²) in [4.78, 5) is 48.0. The van der Waals surface area contributed by atoms with E-state index in [1.807, 2.05) is 6.07 Å². The molecule has 0 atom stereocenters. The van der Waals surface area contributed by atoms with E-state index in [1.54, 1.807) is 43.5 Å². The Bertz CT molecular complexity index is 1140. The second-order valence-electron chi connectivity index (χ2n) is 6.71. The van der Waals surface area contributed by atoms with E-state index < -0.39 is 5.97 Å². The highest BCUT2D eigenvalue weighted by Crippen LogP contribution is 2.19. The maximum atomic E-state index is 12.5. The van der Waals surface area contributed by atoms with E-state index >= 15 is 0 Å². The predicted octanol–water partition coefficient (Wildman–Crippen LogP) is 3.32. The number of methoxy groups -OCH3 is 1. The van der Waals surface area contributed by atoms with Gasteiger partial charge in [-0.1, -0.05) is 23.7 Å². The van der Waals surface area contributed by atoms with Gasteiger partial charge in [0.1, 0.15) is 11.5 Å². The van der Waals surface area contributed by atoms with Crippen LogP contribution in [0.15, 0.2) is 47.4 Å². The van der Waals surface area contributed by atoms with Crippen LogP contribution in [0.4, 0.5) is 0 Å². The van der Waals surface area contributed by atoms with Gasteiger partial charge in [-0.2, -0.15) is 0 Å². The molecule has 154 valence electrons. The molecule has 8 heteroatoms. The Morgan fingerprint density at radius 2 is 2.00 bits per heavy atom. The smallest absolute Gasteiger partial charge is 0.339 e. The Balaban J connectivity index is 1.69. The van der Waals surface area contributed by atoms with Gasteiger partial charge in [0.15, 0.2) is 5.82 Å². The third-order valence-corrected chi connectivity index (χ3v) is 4.95. The molecule has 3 aromatic rings. The molecular formula is C22H20ClN3O4. The number of nitrogens with zero attached hydrogens (tertiary/aromatic N) is 2. The van der Waals surface area contributed by atoms with Crippen LogP contribution in [0.25, 0.3) is 11.5 Å². The number of benzene rings is 1. The number of carbonyl (C=O) groups excluding carboxylic acids is 2. The lowest BCUT2D eigenvalue weighted by Gasteiger charge is -2.08. The van der Waals surface area contributed by atoms with Crippen molar-refractivity contribution in [1.82, 2.24) is 15.0 Å². The number of ether oxygens (including phenoxy) is 1. The fourth-order valence-electron chi connectivity index (χ4n) is 3.06. The van der Waals surface area contributed by atoms with E-state index in [0.29, 0.717) is 28.3 Å². The highest BCUT2D eigenvalue weighted by molar-refractivity contribution is 6.33. The maximum Gasteiger partial charge on any atom is 0.339 e. The van der Waals surface area contributed by atoms with Crippen LogP contribution in [0.1, 0.15) is 33.6 Å². The van der Waals surface area contributed by atoms with Crippen molar-refractivity contribution in [3.8, 4) is 11.5 Å². The Morgan fingerprint density at radius 3 is 2.67 bits per heavy atom. The maximum absolute atomic E-state index is 12.5. The van der Waals surface area contributed by atoms with Crippen LogP contribution in [0.5, 0.6) is 0 Å². The molecule has 7 nitrogen and oxygen atoms in total. The summed E-state index contributed by atoms with van der Waals surface area (Å²) in [6.45, 7) is 1.74. The number of rotatable bonds is 7. The number of aromatic amines is 1. The zero-order chi connectivity index (χ0) is 21.7. The largest absolute Gasteiger partial charge is 0.465 e. The fraction of sp³-hybridized carbons (Fsp3) is 0.227.